The summed E-state index contributed by atoms with van der Waals surface area (Å²) in [5.74, 6) is 1.70. The van der Waals surface area contributed by atoms with Gasteiger partial charge in [-0.15, -0.1) is 0 Å². The highest BCUT2D eigenvalue weighted by Crippen LogP contribution is 2.39. The highest BCUT2D eigenvalue weighted by atomic mass is 16.5. The first-order valence-corrected chi connectivity index (χ1v) is 5.14. The number of benzene rings is 1. The van der Waals surface area contributed by atoms with Gasteiger partial charge in [0.2, 0.25) is 5.75 Å². The van der Waals surface area contributed by atoms with E-state index >= 15 is 0 Å². The molecule has 1 aromatic carbocycles. The Morgan fingerprint density at radius 3 is 1.94 bits per heavy atom. The lowest BCUT2D eigenvalue weighted by Gasteiger charge is -2.17. The van der Waals surface area contributed by atoms with E-state index in [0.717, 1.165) is 5.56 Å². The van der Waals surface area contributed by atoms with Crippen molar-refractivity contribution < 1.29 is 19.3 Å². The minimum Gasteiger partial charge on any atom is -0.493 e. The normalized spacial score (nSPS) is 10.4. The molecule has 0 saturated carbocycles. The van der Waals surface area contributed by atoms with Crippen LogP contribution < -0.4 is 14.2 Å². The summed E-state index contributed by atoms with van der Waals surface area (Å²) >= 11 is 0. The second kappa shape index (κ2) is 5.61. The molecule has 0 saturated heterocycles. The molecular weight excluding hydrogens is 208 g/mol. The summed E-state index contributed by atoms with van der Waals surface area (Å²) in [5, 5.41) is 9.10. The van der Waals surface area contributed by atoms with Crippen LogP contribution in [0, 0.1) is 0 Å². The van der Waals surface area contributed by atoms with Crippen LogP contribution in [-0.4, -0.2) is 25.4 Å². The molecule has 0 radical (unpaired) electrons. The summed E-state index contributed by atoms with van der Waals surface area (Å²) < 4.78 is 16.1. The van der Waals surface area contributed by atoms with Crippen molar-refractivity contribution >= 4 is 0 Å². The molecule has 0 unspecified atom stereocenters. The Morgan fingerprint density at radius 1 is 1.12 bits per heavy atom. The summed E-state index contributed by atoms with van der Waals surface area (Å²) in [7, 11) is 3.12. The molecule has 4 nitrogen and oxygen atoms in total. The van der Waals surface area contributed by atoms with E-state index < -0.39 is 0 Å². The standard InChI is InChI=1S/C12H18O4/c1-8(2)16-12-10(14-3)5-9(7-13)6-11(12)15-4/h5-6,8,13H,7H2,1-4H3. The molecular formula is C12H18O4. The van der Waals surface area contributed by atoms with E-state index in [-0.39, 0.29) is 12.7 Å². The molecule has 1 N–H and O–H groups in total. The quantitative estimate of drug-likeness (QED) is 0.834. The van der Waals surface area contributed by atoms with Crippen molar-refractivity contribution in [2.75, 3.05) is 14.2 Å². The Hall–Kier alpha value is -1.42. The van der Waals surface area contributed by atoms with Crippen LogP contribution in [0.15, 0.2) is 12.1 Å². The first-order valence-electron chi connectivity index (χ1n) is 5.14. The molecule has 0 atom stereocenters. The average Bonchev–Trinajstić information content (AvgIpc) is 2.28. The molecule has 0 heterocycles. The molecule has 0 spiro atoms. The van der Waals surface area contributed by atoms with Crippen LogP contribution in [0.2, 0.25) is 0 Å². The molecule has 4 heteroatoms. The van der Waals surface area contributed by atoms with Crippen molar-refractivity contribution in [2.24, 2.45) is 0 Å². The zero-order valence-corrected chi connectivity index (χ0v) is 10.1. The molecule has 0 fully saturated rings. The Kier molecular flexibility index (Phi) is 4.43. The van der Waals surface area contributed by atoms with Gasteiger partial charge in [-0.3, -0.25) is 0 Å². The van der Waals surface area contributed by atoms with Crippen LogP contribution in [-0.2, 0) is 6.61 Å². The number of aliphatic hydroxyl groups excluding tert-OH is 1. The number of ether oxygens (including phenoxy) is 3. The number of methoxy groups -OCH3 is 2. The van der Waals surface area contributed by atoms with E-state index in [0.29, 0.717) is 17.2 Å². The van der Waals surface area contributed by atoms with Gasteiger partial charge in [0.05, 0.1) is 26.9 Å². The van der Waals surface area contributed by atoms with Crippen LogP contribution in [0.5, 0.6) is 17.2 Å². The van der Waals surface area contributed by atoms with Gasteiger partial charge in [-0.25, -0.2) is 0 Å². The molecule has 1 rings (SSSR count). The maximum atomic E-state index is 9.10. The SMILES string of the molecule is COc1cc(CO)cc(OC)c1OC(C)C. The zero-order valence-electron chi connectivity index (χ0n) is 10.1. The first-order chi connectivity index (χ1) is 7.62. The lowest BCUT2D eigenvalue weighted by molar-refractivity contribution is 0.217. The molecule has 0 aliphatic carbocycles. The van der Waals surface area contributed by atoms with Gasteiger partial charge in [-0.2, -0.15) is 0 Å². The lowest BCUT2D eigenvalue weighted by Crippen LogP contribution is -2.08. The van der Waals surface area contributed by atoms with Gasteiger partial charge in [0, 0.05) is 0 Å². The zero-order chi connectivity index (χ0) is 12.1. The third-order valence-electron chi connectivity index (χ3n) is 2.06. The molecule has 90 valence electrons. The summed E-state index contributed by atoms with van der Waals surface area (Å²) in [6.07, 6.45) is 0.0303. The van der Waals surface area contributed by atoms with E-state index in [1.165, 1.54) is 0 Å². The summed E-state index contributed by atoms with van der Waals surface area (Å²) in [6, 6.07) is 3.47. The van der Waals surface area contributed by atoms with Crippen LogP contribution in [0.3, 0.4) is 0 Å². The fourth-order valence-electron chi connectivity index (χ4n) is 1.38. The predicted molar refractivity (Wildman–Crippen MR) is 61.2 cm³/mol. The minimum absolute atomic E-state index is 0.0303. The van der Waals surface area contributed by atoms with Crippen molar-refractivity contribution in [1.82, 2.24) is 0 Å². The van der Waals surface area contributed by atoms with Crippen LogP contribution in [0.25, 0.3) is 0 Å². The molecule has 1 aromatic rings. The van der Waals surface area contributed by atoms with Crippen molar-refractivity contribution in [3.63, 3.8) is 0 Å². The van der Waals surface area contributed by atoms with Gasteiger partial charge >= 0.3 is 0 Å². The summed E-state index contributed by atoms with van der Waals surface area (Å²) in [6.45, 7) is 3.80. The van der Waals surface area contributed by atoms with E-state index in [2.05, 4.69) is 0 Å². The molecule has 0 aliphatic heterocycles. The fraction of sp³-hybridized carbons (Fsp3) is 0.500. The predicted octanol–water partition coefficient (Wildman–Crippen LogP) is 1.98. The largest absolute Gasteiger partial charge is 0.493 e. The topological polar surface area (TPSA) is 47.9 Å². The van der Waals surface area contributed by atoms with Gasteiger partial charge in [0.1, 0.15) is 0 Å². The number of hydrogen-bond acceptors (Lipinski definition) is 4. The van der Waals surface area contributed by atoms with Gasteiger partial charge in [-0.05, 0) is 31.5 Å². The highest BCUT2D eigenvalue weighted by Gasteiger charge is 2.14. The molecule has 0 aliphatic rings. The Morgan fingerprint density at radius 2 is 1.62 bits per heavy atom. The Labute approximate surface area is 95.8 Å². The fourth-order valence-corrected chi connectivity index (χ4v) is 1.38. The van der Waals surface area contributed by atoms with Crippen LogP contribution >= 0.6 is 0 Å². The van der Waals surface area contributed by atoms with Gasteiger partial charge < -0.3 is 19.3 Å². The van der Waals surface area contributed by atoms with Crippen molar-refractivity contribution in [2.45, 2.75) is 26.6 Å². The average molecular weight is 226 g/mol. The number of aliphatic hydroxyl groups is 1. The van der Waals surface area contributed by atoms with Crippen LogP contribution in [0.4, 0.5) is 0 Å². The van der Waals surface area contributed by atoms with Crippen LogP contribution in [0.1, 0.15) is 19.4 Å². The molecule has 0 bridgehead atoms. The summed E-state index contributed by atoms with van der Waals surface area (Å²) in [5.41, 5.74) is 0.727. The maximum absolute atomic E-state index is 9.10. The van der Waals surface area contributed by atoms with Gasteiger partial charge in [0.25, 0.3) is 0 Å². The van der Waals surface area contributed by atoms with E-state index in [4.69, 9.17) is 19.3 Å². The maximum Gasteiger partial charge on any atom is 0.203 e. The molecule has 0 aromatic heterocycles. The van der Waals surface area contributed by atoms with Crippen molar-refractivity contribution in [3.8, 4) is 17.2 Å². The first kappa shape index (κ1) is 12.6. The van der Waals surface area contributed by atoms with Gasteiger partial charge in [0.15, 0.2) is 11.5 Å². The highest BCUT2D eigenvalue weighted by molar-refractivity contribution is 5.53. The van der Waals surface area contributed by atoms with E-state index in [9.17, 15) is 0 Å². The lowest BCUT2D eigenvalue weighted by atomic mass is 10.2. The van der Waals surface area contributed by atoms with E-state index in [1.807, 2.05) is 13.8 Å². The Bertz CT molecular complexity index is 322. The minimum atomic E-state index is -0.0608. The third-order valence-corrected chi connectivity index (χ3v) is 2.06. The van der Waals surface area contributed by atoms with Crippen molar-refractivity contribution in [3.05, 3.63) is 17.7 Å². The number of rotatable bonds is 5. The van der Waals surface area contributed by atoms with E-state index in [1.54, 1.807) is 26.4 Å². The second-order valence-corrected chi connectivity index (χ2v) is 3.65. The molecule has 16 heavy (non-hydrogen) atoms. The second-order valence-electron chi connectivity index (χ2n) is 3.65. The third kappa shape index (κ3) is 2.79. The summed E-state index contributed by atoms with van der Waals surface area (Å²) in [4.78, 5) is 0. The van der Waals surface area contributed by atoms with Crippen molar-refractivity contribution in [1.29, 1.82) is 0 Å². The molecule has 0 amide bonds. The van der Waals surface area contributed by atoms with Gasteiger partial charge in [-0.1, -0.05) is 0 Å². The number of hydrogen-bond donors (Lipinski definition) is 1. The Balaban J connectivity index is 3.20. The smallest absolute Gasteiger partial charge is 0.203 e. The monoisotopic (exact) mass is 226 g/mol.